The van der Waals surface area contributed by atoms with E-state index < -0.39 is 97.5 Å². The third kappa shape index (κ3) is 76.3. The van der Waals surface area contributed by atoms with Gasteiger partial charge in [-0.1, -0.05) is 376 Å². The van der Waals surface area contributed by atoms with Gasteiger partial charge in [0, 0.05) is 25.7 Å². The van der Waals surface area contributed by atoms with Crippen LogP contribution >= 0.6 is 15.6 Å². The van der Waals surface area contributed by atoms with Gasteiger partial charge in [0.05, 0.1) is 26.4 Å². The molecule has 0 heterocycles. The van der Waals surface area contributed by atoms with Gasteiger partial charge in [0.15, 0.2) is 12.2 Å². The number of phosphoric ester groups is 2. The van der Waals surface area contributed by atoms with Crippen LogP contribution in [0.5, 0.6) is 0 Å². The molecule has 102 heavy (non-hydrogen) atoms. The highest BCUT2D eigenvalue weighted by Gasteiger charge is 2.30. The third-order valence-electron chi connectivity index (χ3n) is 19.3. The summed E-state index contributed by atoms with van der Waals surface area (Å²) in [5.41, 5.74) is 0. The highest BCUT2D eigenvalue weighted by Crippen LogP contribution is 2.45. The molecular weight excluding hydrogens is 1330 g/mol. The van der Waals surface area contributed by atoms with E-state index in [1.165, 1.54) is 225 Å². The fraction of sp³-hybridized carbons (Fsp3) is 0.952. The van der Waals surface area contributed by atoms with Crippen molar-refractivity contribution in [3.05, 3.63) is 0 Å². The standard InChI is InChI=1S/C83H162O17P2/c1-73(2)59-51-43-35-29-23-17-11-9-10-12-21-27-33-39-49-57-66-83(88)100-79(70-94-81(86)64-56-48-42-41-46-54-62-76(7)8)72-98-102(91,92)96-68-77(84)67-95-101(89,90)97-71-78(99-82(87)65-58-50-40-34-28-22-16-14-19-25-31-37-45-53-61-75(5)6)69-93-80(85)63-55-47-38-32-26-20-15-13-18-24-30-36-44-52-60-74(3)4/h73-79,84H,9-72H2,1-8H3,(H,89,90)(H,91,92)/t77?,78-,79-/m1/s1. The van der Waals surface area contributed by atoms with E-state index in [0.29, 0.717) is 31.6 Å². The monoisotopic (exact) mass is 1490 g/mol. The minimum absolute atomic E-state index is 0.107. The van der Waals surface area contributed by atoms with Crippen molar-refractivity contribution in [2.24, 2.45) is 23.7 Å². The molecule has 0 bridgehead atoms. The van der Waals surface area contributed by atoms with Crippen LogP contribution in [0.1, 0.15) is 428 Å². The molecule has 0 amide bonds. The van der Waals surface area contributed by atoms with Gasteiger partial charge in [0.25, 0.3) is 0 Å². The molecule has 3 unspecified atom stereocenters. The van der Waals surface area contributed by atoms with E-state index in [1.807, 2.05) is 0 Å². The maximum atomic E-state index is 13.1. The summed E-state index contributed by atoms with van der Waals surface area (Å²) in [6.07, 6.45) is 59.8. The van der Waals surface area contributed by atoms with Gasteiger partial charge in [-0.25, -0.2) is 9.13 Å². The number of aliphatic hydroxyl groups is 1. The first-order chi connectivity index (χ1) is 49.1. The molecule has 0 rings (SSSR count). The maximum absolute atomic E-state index is 13.1. The molecule has 0 aliphatic rings. The van der Waals surface area contributed by atoms with Crippen molar-refractivity contribution in [2.75, 3.05) is 39.6 Å². The molecule has 0 aliphatic carbocycles. The Morgan fingerprint density at radius 1 is 0.245 bits per heavy atom. The Morgan fingerprint density at radius 2 is 0.412 bits per heavy atom. The van der Waals surface area contributed by atoms with Crippen LogP contribution in [0.25, 0.3) is 0 Å². The van der Waals surface area contributed by atoms with Crippen LogP contribution in [-0.4, -0.2) is 96.7 Å². The number of carbonyl (C=O) groups excluding carboxylic acids is 4. The van der Waals surface area contributed by atoms with Crippen molar-refractivity contribution in [2.45, 2.75) is 446 Å². The van der Waals surface area contributed by atoms with Gasteiger partial charge < -0.3 is 33.8 Å². The first-order valence-electron chi connectivity index (χ1n) is 42.7. The van der Waals surface area contributed by atoms with Crippen LogP contribution in [0, 0.1) is 23.7 Å². The summed E-state index contributed by atoms with van der Waals surface area (Å²) in [5.74, 6) is 0.970. The summed E-state index contributed by atoms with van der Waals surface area (Å²) < 4.78 is 68.8. The first-order valence-corrected chi connectivity index (χ1v) is 45.7. The number of aliphatic hydroxyl groups excluding tert-OH is 1. The van der Waals surface area contributed by atoms with Crippen LogP contribution < -0.4 is 0 Å². The lowest BCUT2D eigenvalue weighted by molar-refractivity contribution is -0.161. The molecule has 0 fully saturated rings. The fourth-order valence-electron chi connectivity index (χ4n) is 12.8. The number of esters is 4. The van der Waals surface area contributed by atoms with E-state index >= 15 is 0 Å². The Hall–Kier alpha value is -1.94. The van der Waals surface area contributed by atoms with E-state index in [4.69, 9.17) is 37.0 Å². The quantitative estimate of drug-likeness (QED) is 0.0222. The van der Waals surface area contributed by atoms with Crippen LogP contribution in [0.2, 0.25) is 0 Å². The van der Waals surface area contributed by atoms with Crippen molar-refractivity contribution in [1.29, 1.82) is 0 Å². The Labute approximate surface area is 626 Å². The van der Waals surface area contributed by atoms with Crippen molar-refractivity contribution >= 4 is 39.5 Å². The van der Waals surface area contributed by atoms with Crippen molar-refractivity contribution < 1.29 is 80.2 Å². The van der Waals surface area contributed by atoms with Gasteiger partial charge in [-0.3, -0.25) is 37.3 Å². The zero-order chi connectivity index (χ0) is 75.3. The molecule has 0 radical (unpaired) electrons. The van der Waals surface area contributed by atoms with Crippen LogP contribution in [0.15, 0.2) is 0 Å². The predicted octanol–water partition coefficient (Wildman–Crippen LogP) is 24.8. The smallest absolute Gasteiger partial charge is 0.462 e. The molecular formula is C83H162O17P2. The summed E-state index contributed by atoms with van der Waals surface area (Å²) in [6, 6.07) is 0. The largest absolute Gasteiger partial charge is 0.472 e. The Balaban J connectivity index is 5.22. The van der Waals surface area contributed by atoms with E-state index in [-0.39, 0.29) is 25.7 Å². The van der Waals surface area contributed by atoms with Crippen LogP contribution in [0.4, 0.5) is 0 Å². The Kier molecular flexibility index (Phi) is 70.6. The third-order valence-corrected chi connectivity index (χ3v) is 21.2. The molecule has 0 aliphatic heterocycles. The lowest BCUT2D eigenvalue weighted by Crippen LogP contribution is -2.30. The van der Waals surface area contributed by atoms with E-state index in [2.05, 4.69) is 55.4 Å². The molecule has 17 nitrogen and oxygen atoms in total. The second-order valence-electron chi connectivity index (χ2n) is 31.8. The molecule has 0 aromatic carbocycles. The van der Waals surface area contributed by atoms with E-state index in [1.54, 1.807) is 0 Å². The predicted molar refractivity (Wildman–Crippen MR) is 418 cm³/mol. The molecule has 5 atom stereocenters. The Morgan fingerprint density at radius 3 is 0.608 bits per heavy atom. The number of rotatable bonds is 80. The summed E-state index contributed by atoms with van der Waals surface area (Å²) >= 11 is 0. The topological polar surface area (TPSA) is 237 Å². The zero-order valence-corrected chi connectivity index (χ0v) is 69.0. The minimum atomic E-state index is -4.96. The molecule has 0 saturated heterocycles. The Bertz CT molecular complexity index is 1990. The van der Waals surface area contributed by atoms with E-state index in [9.17, 15) is 43.2 Å². The van der Waals surface area contributed by atoms with Crippen molar-refractivity contribution in [1.82, 2.24) is 0 Å². The van der Waals surface area contributed by atoms with Gasteiger partial charge >= 0.3 is 39.5 Å². The molecule has 0 spiro atoms. The summed E-state index contributed by atoms with van der Waals surface area (Å²) in [7, 11) is -9.92. The highest BCUT2D eigenvalue weighted by atomic mass is 31.2. The number of phosphoric acid groups is 2. The molecule has 0 aromatic heterocycles. The lowest BCUT2D eigenvalue weighted by Gasteiger charge is -2.21. The number of carbonyl (C=O) groups is 4. The highest BCUT2D eigenvalue weighted by molar-refractivity contribution is 7.47. The number of hydrogen-bond donors (Lipinski definition) is 3. The van der Waals surface area contributed by atoms with Gasteiger partial charge in [-0.05, 0) is 49.4 Å². The van der Waals surface area contributed by atoms with Crippen LogP contribution in [-0.2, 0) is 65.4 Å². The summed E-state index contributed by atoms with van der Waals surface area (Å²) in [4.78, 5) is 73.1. The number of ether oxygens (including phenoxy) is 4. The molecule has 606 valence electrons. The number of hydrogen-bond acceptors (Lipinski definition) is 15. The average molecular weight is 1490 g/mol. The minimum Gasteiger partial charge on any atom is -0.462 e. The SMILES string of the molecule is CC(C)CCCCCCCCCCCCCCCCCCC(=O)O[C@H](COC(=O)CCCCCCCCC(C)C)COP(=O)(O)OCC(O)COP(=O)(O)OC[C@@H](COC(=O)CCCCCCCCCCCCCCCCC(C)C)OC(=O)CCCCCCCCCCCCCCCCC(C)C. The van der Waals surface area contributed by atoms with Gasteiger partial charge in [-0.15, -0.1) is 0 Å². The normalized spacial score (nSPS) is 14.0. The average Bonchev–Trinajstić information content (AvgIpc) is 0.916. The van der Waals surface area contributed by atoms with Crippen molar-refractivity contribution in [3.8, 4) is 0 Å². The molecule has 0 saturated carbocycles. The van der Waals surface area contributed by atoms with Gasteiger partial charge in [0.2, 0.25) is 0 Å². The van der Waals surface area contributed by atoms with Gasteiger partial charge in [0.1, 0.15) is 19.3 Å². The lowest BCUT2D eigenvalue weighted by atomic mass is 10.0. The second-order valence-corrected chi connectivity index (χ2v) is 34.7. The maximum Gasteiger partial charge on any atom is 0.472 e. The zero-order valence-electron chi connectivity index (χ0n) is 67.2. The van der Waals surface area contributed by atoms with Crippen LogP contribution in [0.3, 0.4) is 0 Å². The summed E-state index contributed by atoms with van der Waals surface area (Å²) in [6.45, 7) is 14.3. The number of unbranched alkanes of at least 4 members (excludes halogenated alkanes) is 46. The molecule has 3 N–H and O–H groups in total. The molecule has 0 aromatic rings. The molecule has 19 heteroatoms. The van der Waals surface area contributed by atoms with Gasteiger partial charge in [-0.2, -0.15) is 0 Å². The van der Waals surface area contributed by atoms with E-state index in [0.717, 1.165) is 114 Å². The second kappa shape index (κ2) is 72.0. The fourth-order valence-corrected chi connectivity index (χ4v) is 14.4. The summed E-state index contributed by atoms with van der Waals surface area (Å²) in [5, 5.41) is 10.7. The first kappa shape index (κ1) is 100. The van der Waals surface area contributed by atoms with Crippen molar-refractivity contribution in [3.63, 3.8) is 0 Å².